The van der Waals surface area contributed by atoms with Crippen LogP contribution in [-0.4, -0.2) is 118 Å². The number of aliphatic hydroxyl groups is 1. The van der Waals surface area contributed by atoms with E-state index in [9.17, 15) is 27.9 Å². The smallest absolute Gasteiger partial charge is 0.255 e. The van der Waals surface area contributed by atoms with E-state index in [1.165, 1.54) is 36.9 Å². The summed E-state index contributed by atoms with van der Waals surface area (Å²) < 4.78 is 29.3. The van der Waals surface area contributed by atoms with Crippen molar-refractivity contribution < 1.29 is 27.9 Å². The maximum Gasteiger partial charge on any atom is 0.255 e. The van der Waals surface area contributed by atoms with E-state index in [2.05, 4.69) is 117 Å². The lowest BCUT2D eigenvalue weighted by atomic mass is 9.76. The van der Waals surface area contributed by atoms with E-state index >= 15 is 0 Å². The van der Waals surface area contributed by atoms with Gasteiger partial charge in [0.15, 0.2) is 21.4 Å². The van der Waals surface area contributed by atoms with Gasteiger partial charge in [-0.3, -0.25) is 14.4 Å². The summed E-state index contributed by atoms with van der Waals surface area (Å²) >= 11 is 0. The minimum absolute atomic E-state index is 0.0537. The fourth-order valence-corrected chi connectivity index (χ4v) is 14.8. The summed E-state index contributed by atoms with van der Waals surface area (Å²) in [5.74, 6) is 3.05. The second-order valence-electron chi connectivity index (χ2n) is 27.1. The first-order valence-electron chi connectivity index (χ1n) is 33.3. The van der Waals surface area contributed by atoms with Crippen LogP contribution < -0.4 is 31.1 Å². The molecule has 1 atom stereocenters. The summed E-state index contributed by atoms with van der Waals surface area (Å²) in [6.07, 6.45) is 25.7. The largest absolute Gasteiger partial charge is 0.393 e. The summed E-state index contributed by atoms with van der Waals surface area (Å²) in [4.78, 5) is 74.8. The number of aliphatic hydroxyl groups excluding tert-OH is 1. The SMILES string of the molecule is Cn1ccc2c(-c3cnc(Nc4ccc(N5CCC(O)CC5)cn4)c4c3CCC4=O)ccnc21.Cn1ccc2c(-c3cnc(Nc4ccc(S(C)(=O)=O)cc4)c4c3CCC4=O)ccnc21.Cn1cncc1-c1cnc(Nc2ccc(N3CCC[C@H](C(C)(C)C)C3)cc2)c2c1CNC2=O. The molecule has 2 fully saturated rings. The maximum atomic E-state index is 12.9. The Morgan fingerprint density at radius 2 is 1.09 bits per heavy atom. The summed E-state index contributed by atoms with van der Waals surface area (Å²) in [6, 6.07) is 26.9. The van der Waals surface area contributed by atoms with Crippen LogP contribution in [0.15, 0.2) is 152 Å². The highest BCUT2D eigenvalue weighted by Gasteiger charge is 2.33. The van der Waals surface area contributed by atoms with E-state index in [-0.39, 0.29) is 28.5 Å². The first-order valence-corrected chi connectivity index (χ1v) is 35.1. The second kappa shape index (κ2) is 26.4. The molecule has 0 unspecified atom stereocenters. The molecule has 5 N–H and O–H groups in total. The Bertz CT molecular complexity index is 5010. The van der Waals surface area contributed by atoms with Crippen LogP contribution in [0.25, 0.3) is 55.6 Å². The predicted octanol–water partition coefficient (Wildman–Crippen LogP) is 12.5. The number of aromatic nitrogens is 10. The molecule has 0 bridgehead atoms. The van der Waals surface area contributed by atoms with E-state index in [4.69, 9.17) is 0 Å². The highest BCUT2D eigenvalue weighted by molar-refractivity contribution is 7.90. The molecule has 500 valence electrons. The molecule has 5 aliphatic rings. The molecule has 12 heterocycles. The fourth-order valence-electron chi connectivity index (χ4n) is 14.2. The minimum atomic E-state index is -3.27. The lowest BCUT2D eigenvalue weighted by molar-refractivity contribution is 0.0963. The van der Waals surface area contributed by atoms with Crippen molar-refractivity contribution in [1.82, 2.24) is 53.9 Å². The monoisotopic (exact) mass is 1330 g/mol. The molecule has 0 saturated carbocycles. The summed E-state index contributed by atoms with van der Waals surface area (Å²) in [5.41, 5.74) is 16.7. The van der Waals surface area contributed by atoms with Crippen LogP contribution in [0.1, 0.15) is 107 Å². The Labute approximate surface area is 568 Å². The van der Waals surface area contributed by atoms with Crippen LogP contribution in [0.3, 0.4) is 0 Å². The molecular formula is C75H78N16O6S. The third-order valence-electron chi connectivity index (χ3n) is 19.7. The van der Waals surface area contributed by atoms with Gasteiger partial charge in [-0.15, -0.1) is 0 Å². The van der Waals surface area contributed by atoms with E-state index in [1.54, 1.807) is 37.1 Å². The van der Waals surface area contributed by atoms with Gasteiger partial charge >= 0.3 is 0 Å². The van der Waals surface area contributed by atoms with Crippen molar-refractivity contribution in [2.75, 3.05) is 58.2 Å². The lowest BCUT2D eigenvalue weighted by Gasteiger charge is -2.40. The molecule has 22 nitrogen and oxygen atoms in total. The molecule has 2 saturated heterocycles. The first-order chi connectivity index (χ1) is 47.2. The van der Waals surface area contributed by atoms with Crippen molar-refractivity contribution in [3.8, 4) is 33.5 Å². The van der Waals surface area contributed by atoms with Crippen LogP contribution in [0, 0.1) is 11.3 Å². The van der Waals surface area contributed by atoms with Crippen LogP contribution in [0.2, 0.25) is 0 Å². The number of ketones is 2. The minimum Gasteiger partial charge on any atom is -0.393 e. The van der Waals surface area contributed by atoms with Gasteiger partial charge in [0, 0.05) is 161 Å². The van der Waals surface area contributed by atoms with Crippen molar-refractivity contribution in [1.29, 1.82) is 0 Å². The van der Waals surface area contributed by atoms with Crippen LogP contribution in [0.5, 0.6) is 0 Å². The van der Waals surface area contributed by atoms with E-state index in [0.29, 0.717) is 89.2 Å². The number of aryl methyl sites for hydroxylation is 3. The Morgan fingerprint density at radius 1 is 0.541 bits per heavy atom. The molecule has 23 heteroatoms. The maximum absolute atomic E-state index is 12.9. The third kappa shape index (κ3) is 12.9. The number of anilines is 8. The van der Waals surface area contributed by atoms with Gasteiger partial charge in [0.05, 0.1) is 57.8 Å². The number of nitrogens with zero attached hydrogens (tertiary/aromatic N) is 12. The number of fused-ring (bicyclic) bond motifs is 5. The quantitative estimate of drug-likeness (QED) is 0.0761. The highest BCUT2D eigenvalue weighted by Crippen LogP contribution is 2.42. The number of imidazole rings is 1. The van der Waals surface area contributed by atoms with Gasteiger partial charge in [-0.25, -0.2) is 43.3 Å². The van der Waals surface area contributed by atoms with Gasteiger partial charge in [0.2, 0.25) is 0 Å². The molecule has 98 heavy (non-hydrogen) atoms. The van der Waals surface area contributed by atoms with Gasteiger partial charge in [0.25, 0.3) is 5.91 Å². The van der Waals surface area contributed by atoms with Crippen molar-refractivity contribution >= 4 is 95.4 Å². The number of pyridine rings is 6. The Morgan fingerprint density at radius 3 is 1.63 bits per heavy atom. The van der Waals surface area contributed by atoms with Crippen molar-refractivity contribution in [3.05, 3.63) is 180 Å². The molecule has 3 aliphatic heterocycles. The topological polar surface area (TPSA) is 265 Å². The van der Waals surface area contributed by atoms with Crippen LogP contribution in [-0.2, 0) is 50.4 Å². The molecule has 16 rings (SSSR count). The number of benzene rings is 2. The standard InChI is InChI=1S/C26H26N6O2.C26H32N6O.C23H20N4O3S/c1-31-11-9-20-18(6-10-27-26(20)31)21-15-29-25(24-19(21)3-4-22(24)34)30-23-5-2-16(14-28-23)32-12-7-17(33)8-13-32;1-26(2,3)17-6-5-11-32(15-17)19-9-7-18(8-10-19)30-24-23-21(13-29-25(23)33)20(12-28-24)22-14-27-16-31(22)4;1-27-12-10-18-16(9-11-24-23(18)27)19-13-25-22(21-17(19)7-8-20(21)28)26-14-3-5-15(6-4-14)31(2,29)30/h2,5-6,9-11,14-15,17,33H,3-4,7-8,12-13H2,1H3,(H,28,29,30);7-10,12,14,16-17H,5-6,11,13,15H2,1-4H3,(H,28,30)(H,29,33);3-6,9-13H,7-8H2,1-2H3,(H,25,26)/t;17-;/m.0./s1. The van der Waals surface area contributed by atoms with Crippen molar-refractivity contribution in [2.45, 2.75) is 89.7 Å². The Balaban J connectivity index is 0.000000126. The third-order valence-corrected chi connectivity index (χ3v) is 20.8. The second-order valence-corrected chi connectivity index (χ2v) is 29.1. The number of hydrogen-bond acceptors (Lipinski definition) is 18. The first kappa shape index (κ1) is 64.7. The van der Waals surface area contributed by atoms with Crippen molar-refractivity contribution in [2.24, 2.45) is 32.5 Å². The number of piperidine rings is 2. The lowest BCUT2D eigenvalue weighted by Crippen LogP contribution is -2.40. The molecule has 1 amide bonds. The molecule has 11 aromatic rings. The van der Waals surface area contributed by atoms with Gasteiger partial charge in [-0.05, 0) is 163 Å². The Hall–Kier alpha value is -10.7. The number of sulfone groups is 1. The zero-order chi connectivity index (χ0) is 68.1. The number of amides is 1. The Kier molecular flexibility index (Phi) is 17.4. The molecule has 9 aromatic heterocycles. The summed E-state index contributed by atoms with van der Waals surface area (Å²) in [6.45, 7) is 11.4. The molecule has 0 radical (unpaired) electrons. The number of carbonyl (C=O) groups excluding carboxylic acids is 3. The van der Waals surface area contributed by atoms with Gasteiger partial charge in [-0.1, -0.05) is 20.8 Å². The number of carbonyl (C=O) groups is 3. The summed E-state index contributed by atoms with van der Waals surface area (Å²) in [5, 5.41) is 24.6. The number of rotatable bonds is 12. The molecule has 2 aliphatic carbocycles. The zero-order valence-electron chi connectivity index (χ0n) is 56.0. The predicted molar refractivity (Wildman–Crippen MR) is 383 cm³/mol. The number of Topliss-reactive ketones (excluding diaryl/α,β-unsaturated/α-hetero) is 2. The van der Waals surface area contributed by atoms with E-state index < -0.39 is 9.84 Å². The fraction of sp³-hybridized carbons (Fsp3) is 0.307. The molecule has 2 aromatic carbocycles. The average Bonchev–Trinajstić information content (AvgIpc) is 1.59. The van der Waals surface area contributed by atoms with E-state index in [0.717, 1.165) is 123 Å². The summed E-state index contributed by atoms with van der Waals surface area (Å²) in [7, 11) is 2.60. The van der Waals surface area contributed by atoms with Gasteiger partial charge in [-0.2, -0.15) is 0 Å². The highest BCUT2D eigenvalue weighted by atomic mass is 32.2. The van der Waals surface area contributed by atoms with Crippen LogP contribution >= 0.6 is 0 Å². The zero-order valence-corrected chi connectivity index (χ0v) is 56.8. The van der Waals surface area contributed by atoms with Crippen molar-refractivity contribution in [3.63, 3.8) is 0 Å². The normalized spacial score (nSPS) is 16.1. The van der Waals surface area contributed by atoms with E-state index in [1.807, 2.05) is 102 Å². The molecular weight excluding hydrogens is 1250 g/mol. The molecule has 0 spiro atoms. The van der Waals surface area contributed by atoms with Gasteiger partial charge < -0.3 is 49.9 Å². The van der Waals surface area contributed by atoms with Crippen LogP contribution in [0.4, 0.5) is 46.0 Å². The number of nitrogens with one attached hydrogen (secondary N) is 4. The van der Waals surface area contributed by atoms with Gasteiger partial charge in [0.1, 0.15) is 34.6 Å². The number of hydrogen-bond donors (Lipinski definition) is 5. The average molecular weight is 1330 g/mol.